The molecular formula is C18H19NO5. The van der Waals surface area contributed by atoms with Crippen molar-refractivity contribution in [3.63, 3.8) is 0 Å². The van der Waals surface area contributed by atoms with Gasteiger partial charge in [0.1, 0.15) is 23.4 Å². The first kappa shape index (κ1) is 16.1. The largest absolute Gasteiger partial charge is 0.497 e. The number of nitrogen functional groups attached to an aromatic ring is 1. The fourth-order valence-electron chi connectivity index (χ4n) is 2.68. The van der Waals surface area contributed by atoms with Gasteiger partial charge >= 0.3 is 0 Å². The van der Waals surface area contributed by atoms with E-state index in [1.807, 2.05) is 24.3 Å². The Morgan fingerprint density at radius 1 is 1.04 bits per heavy atom. The van der Waals surface area contributed by atoms with E-state index in [0.717, 1.165) is 11.3 Å². The zero-order valence-electron chi connectivity index (χ0n) is 13.7. The van der Waals surface area contributed by atoms with Crippen LogP contribution in [0.1, 0.15) is 22.0 Å². The van der Waals surface area contributed by atoms with Crippen LogP contribution in [0.4, 0.5) is 5.69 Å². The van der Waals surface area contributed by atoms with Crippen molar-refractivity contribution in [3.8, 4) is 17.2 Å². The predicted molar refractivity (Wildman–Crippen MR) is 88.9 cm³/mol. The summed E-state index contributed by atoms with van der Waals surface area (Å²) in [6.45, 7) is 0. The summed E-state index contributed by atoms with van der Waals surface area (Å²) in [6, 6.07) is 10.7. The van der Waals surface area contributed by atoms with Crippen molar-refractivity contribution in [2.24, 2.45) is 0 Å². The number of Topliss-reactive ketones (excluding diaryl/α,β-unsaturated/α-hetero) is 1. The number of ketones is 1. The van der Waals surface area contributed by atoms with Gasteiger partial charge in [-0.25, -0.2) is 0 Å². The zero-order chi connectivity index (χ0) is 17.3. The van der Waals surface area contributed by atoms with Gasteiger partial charge in [-0.1, -0.05) is 12.1 Å². The molecule has 0 saturated carbocycles. The SMILES string of the molecule is COc1cccc(C2OC2C(=O)c2c(N)cc(OC)cc2OC)c1. The average molecular weight is 329 g/mol. The van der Waals surface area contributed by atoms with Gasteiger partial charge in [0.15, 0.2) is 11.9 Å². The summed E-state index contributed by atoms with van der Waals surface area (Å²) in [5.41, 5.74) is 7.52. The van der Waals surface area contributed by atoms with Crippen molar-refractivity contribution < 1.29 is 23.7 Å². The third-order valence-corrected chi connectivity index (χ3v) is 3.98. The minimum absolute atomic E-state index is 0.208. The maximum Gasteiger partial charge on any atom is 0.200 e. The standard InChI is InChI=1S/C18H19NO5/c1-21-11-6-4-5-10(7-11)17-18(24-17)16(20)15-13(19)8-12(22-2)9-14(15)23-3/h4-9,17-18H,19H2,1-3H3. The molecule has 2 N–H and O–H groups in total. The number of benzene rings is 2. The fourth-order valence-corrected chi connectivity index (χ4v) is 2.68. The summed E-state index contributed by atoms with van der Waals surface area (Å²) < 4.78 is 21.2. The second-order valence-corrected chi connectivity index (χ2v) is 5.41. The van der Waals surface area contributed by atoms with Crippen LogP contribution >= 0.6 is 0 Å². The topological polar surface area (TPSA) is 83.3 Å². The van der Waals surface area contributed by atoms with Gasteiger partial charge in [0.05, 0.1) is 26.9 Å². The lowest BCUT2D eigenvalue weighted by Crippen LogP contribution is -2.13. The molecule has 0 radical (unpaired) electrons. The molecule has 0 bridgehead atoms. The molecular weight excluding hydrogens is 310 g/mol. The van der Waals surface area contributed by atoms with E-state index in [0.29, 0.717) is 22.7 Å². The fraction of sp³-hybridized carbons (Fsp3) is 0.278. The number of ether oxygens (including phenoxy) is 4. The third-order valence-electron chi connectivity index (χ3n) is 3.98. The van der Waals surface area contributed by atoms with E-state index in [9.17, 15) is 4.79 Å². The highest BCUT2D eigenvalue weighted by atomic mass is 16.6. The molecule has 1 fully saturated rings. The highest BCUT2D eigenvalue weighted by molar-refractivity contribution is 6.08. The molecule has 1 aliphatic rings. The molecule has 2 unspecified atom stereocenters. The van der Waals surface area contributed by atoms with Gasteiger partial charge in [-0.3, -0.25) is 4.79 Å². The Balaban J connectivity index is 1.86. The number of rotatable bonds is 6. The van der Waals surface area contributed by atoms with Crippen LogP contribution in [0.2, 0.25) is 0 Å². The van der Waals surface area contributed by atoms with E-state index >= 15 is 0 Å². The van der Waals surface area contributed by atoms with Crippen LogP contribution in [-0.4, -0.2) is 33.2 Å². The van der Waals surface area contributed by atoms with E-state index in [-0.39, 0.29) is 11.9 Å². The number of carbonyl (C=O) groups is 1. The maximum atomic E-state index is 12.8. The van der Waals surface area contributed by atoms with Crippen molar-refractivity contribution in [1.82, 2.24) is 0 Å². The number of hydrogen-bond acceptors (Lipinski definition) is 6. The molecule has 1 aliphatic heterocycles. The lowest BCUT2D eigenvalue weighted by Gasteiger charge is -2.11. The Bertz CT molecular complexity index is 774. The van der Waals surface area contributed by atoms with Gasteiger partial charge in [0.2, 0.25) is 0 Å². The van der Waals surface area contributed by atoms with E-state index in [1.54, 1.807) is 19.2 Å². The Morgan fingerprint density at radius 2 is 1.79 bits per heavy atom. The number of anilines is 1. The molecule has 6 heteroatoms. The molecule has 3 rings (SSSR count). The lowest BCUT2D eigenvalue weighted by molar-refractivity contribution is 0.0951. The molecule has 2 atom stereocenters. The lowest BCUT2D eigenvalue weighted by atomic mass is 10.00. The van der Waals surface area contributed by atoms with Crippen LogP contribution in [0.25, 0.3) is 0 Å². The van der Waals surface area contributed by atoms with E-state index in [1.165, 1.54) is 14.2 Å². The quantitative estimate of drug-likeness (QED) is 0.498. The smallest absolute Gasteiger partial charge is 0.200 e. The Labute approximate surface area is 140 Å². The van der Waals surface area contributed by atoms with Gasteiger partial charge in [-0.05, 0) is 17.7 Å². The molecule has 1 saturated heterocycles. The van der Waals surface area contributed by atoms with Crippen LogP contribution in [0, 0.1) is 0 Å². The van der Waals surface area contributed by atoms with E-state index in [4.69, 9.17) is 24.7 Å². The summed E-state index contributed by atoms with van der Waals surface area (Å²) in [6.07, 6.45) is -0.888. The molecule has 1 heterocycles. The van der Waals surface area contributed by atoms with Gasteiger partial charge in [0, 0.05) is 17.8 Å². The third kappa shape index (κ3) is 2.88. The number of nitrogens with two attached hydrogens (primary N) is 1. The van der Waals surface area contributed by atoms with Gasteiger partial charge < -0.3 is 24.7 Å². The van der Waals surface area contributed by atoms with Crippen molar-refractivity contribution in [3.05, 3.63) is 47.5 Å². The number of hydrogen-bond donors (Lipinski definition) is 1. The first-order valence-electron chi connectivity index (χ1n) is 7.44. The second kappa shape index (κ2) is 6.41. The summed E-state index contributed by atoms with van der Waals surface area (Å²) >= 11 is 0. The summed E-state index contributed by atoms with van der Waals surface area (Å²) in [4.78, 5) is 12.8. The van der Waals surface area contributed by atoms with Gasteiger partial charge in [-0.15, -0.1) is 0 Å². The summed E-state index contributed by atoms with van der Waals surface area (Å²) in [5.74, 6) is 1.41. The highest BCUT2D eigenvalue weighted by Gasteiger charge is 2.47. The molecule has 2 aromatic carbocycles. The summed E-state index contributed by atoms with van der Waals surface area (Å²) in [7, 11) is 4.61. The molecule has 0 amide bonds. The zero-order valence-corrected chi connectivity index (χ0v) is 13.7. The Kier molecular flexibility index (Phi) is 4.31. The molecule has 0 spiro atoms. The Morgan fingerprint density at radius 3 is 2.46 bits per heavy atom. The van der Waals surface area contributed by atoms with Crippen LogP contribution in [0.15, 0.2) is 36.4 Å². The Hall–Kier alpha value is -2.73. The van der Waals surface area contributed by atoms with Crippen LogP contribution in [0.5, 0.6) is 17.2 Å². The van der Waals surface area contributed by atoms with Gasteiger partial charge in [0.25, 0.3) is 0 Å². The van der Waals surface area contributed by atoms with E-state index in [2.05, 4.69) is 0 Å². The van der Waals surface area contributed by atoms with Crippen molar-refractivity contribution in [2.45, 2.75) is 12.2 Å². The minimum atomic E-state index is -0.582. The number of carbonyl (C=O) groups excluding carboxylic acids is 1. The maximum absolute atomic E-state index is 12.8. The van der Waals surface area contributed by atoms with Gasteiger partial charge in [-0.2, -0.15) is 0 Å². The van der Waals surface area contributed by atoms with Crippen LogP contribution < -0.4 is 19.9 Å². The summed E-state index contributed by atoms with van der Waals surface area (Å²) in [5, 5.41) is 0. The van der Waals surface area contributed by atoms with Crippen molar-refractivity contribution in [2.75, 3.05) is 27.1 Å². The molecule has 24 heavy (non-hydrogen) atoms. The second-order valence-electron chi connectivity index (χ2n) is 5.41. The number of methoxy groups -OCH3 is 3. The predicted octanol–water partition coefficient (Wildman–Crippen LogP) is 2.62. The molecule has 0 aliphatic carbocycles. The molecule has 2 aromatic rings. The highest BCUT2D eigenvalue weighted by Crippen LogP contribution is 2.44. The van der Waals surface area contributed by atoms with Crippen molar-refractivity contribution in [1.29, 1.82) is 0 Å². The number of epoxide rings is 1. The van der Waals surface area contributed by atoms with E-state index < -0.39 is 6.10 Å². The van der Waals surface area contributed by atoms with Crippen LogP contribution in [-0.2, 0) is 4.74 Å². The minimum Gasteiger partial charge on any atom is -0.497 e. The van der Waals surface area contributed by atoms with Crippen LogP contribution in [0.3, 0.4) is 0 Å². The molecule has 126 valence electrons. The monoisotopic (exact) mass is 329 g/mol. The normalized spacial score (nSPS) is 18.8. The van der Waals surface area contributed by atoms with Crippen molar-refractivity contribution >= 4 is 11.5 Å². The molecule has 6 nitrogen and oxygen atoms in total. The average Bonchev–Trinajstić information content (AvgIpc) is 3.41. The first-order valence-corrected chi connectivity index (χ1v) is 7.44. The first-order chi connectivity index (χ1) is 11.6. The molecule has 0 aromatic heterocycles.